The molecule has 0 aliphatic carbocycles. The van der Waals surface area contributed by atoms with Gasteiger partial charge >= 0.3 is 6.72 Å². The minimum Gasteiger partial charge on any atom is -0.310 e. The van der Waals surface area contributed by atoms with E-state index in [0.717, 1.165) is 25.9 Å². The van der Waals surface area contributed by atoms with Gasteiger partial charge in [-0.1, -0.05) is 27.2 Å². The van der Waals surface area contributed by atoms with Crippen LogP contribution in [0.15, 0.2) is 0 Å². The second kappa shape index (κ2) is 8.23. The predicted molar refractivity (Wildman–Crippen MR) is 104 cm³/mol. The number of hydrogen-bond acceptors (Lipinski definition) is 3. The van der Waals surface area contributed by atoms with Gasteiger partial charge in [0.2, 0.25) is 0 Å². The molecule has 6 heteroatoms. The number of likely N-dealkylation sites (tertiary alicyclic amines) is 1. The maximum Gasteiger partial charge on any atom is 0.309 e. The summed E-state index contributed by atoms with van der Waals surface area (Å²) in [6.07, 6.45) is 10.6. The van der Waals surface area contributed by atoms with Crippen LogP contribution in [0.1, 0.15) is 52.9 Å². The first kappa shape index (κ1) is 19.8. The summed E-state index contributed by atoms with van der Waals surface area (Å²) >= 11 is 0. The van der Waals surface area contributed by atoms with Gasteiger partial charge in [-0.05, 0) is 56.7 Å². The van der Waals surface area contributed by atoms with Crippen molar-refractivity contribution in [2.24, 2.45) is 5.41 Å². The summed E-state index contributed by atoms with van der Waals surface area (Å²) in [6, 6.07) is 0.697. The van der Waals surface area contributed by atoms with Gasteiger partial charge in [-0.25, -0.2) is 4.67 Å². The van der Waals surface area contributed by atoms with E-state index in [1.807, 2.05) is 0 Å². The Bertz CT molecular complexity index is 411. The standard InChI is InChI=1S/C17H37N2O2PS/c1-17(2,3)15-21-22(20,23(4)5)19-13-9-16(10-14-19)18-11-7-6-8-12-18/h16,23H,6-15H2,1-5H3. The van der Waals surface area contributed by atoms with E-state index >= 15 is 0 Å². The van der Waals surface area contributed by atoms with E-state index in [4.69, 9.17) is 4.52 Å². The molecule has 2 rings (SSSR count). The molecule has 4 nitrogen and oxygen atoms in total. The van der Waals surface area contributed by atoms with Crippen molar-refractivity contribution in [2.45, 2.75) is 58.9 Å². The van der Waals surface area contributed by atoms with E-state index in [9.17, 15) is 4.57 Å². The highest BCUT2D eigenvalue weighted by atomic mass is 32.8. The van der Waals surface area contributed by atoms with Crippen LogP contribution in [0.3, 0.4) is 0 Å². The Balaban J connectivity index is 1.93. The summed E-state index contributed by atoms with van der Waals surface area (Å²) in [6.45, 7) is 8.76. The fourth-order valence-corrected chi connectivity index (χ4v) is 8.59. The van der Waals surface area contributed by atoms with Crippen molar-refractivity contribution in [2.75, 3.05) is 45.3 Å². The van der Waals surface area contributed by atoms with Crippen LogP contribution in [-0.2, 0) is 9.09 Å². The lowest BCUT2D eigenvalue weighted by atomic mass is 9.99. The fourth-order valence-electron chi connectivity index (χ4n) is 3.48. The van der Waals surface area contributed by atoms with Crippen molar-refractivity contribution in [1.29, 1.82) is 0 Å². The van der Waals surface area contributed by atoms with Gasteiger partial charge in [0, 0.05) is 19.1 Å². The average Bonchev–Trinajstić information content (AvgIpc) is 2.53. The lowest BCUT2D eigenvalue weighted by molar-refractivity contribution is 0.109. The van der Waals surface area contributed by atoms with Gasteiger partial charge in [-0.2, -0.15) is 10.5 Å². The molecule has 0 aromatic carbocycles. The van der Waals surface area contributed by atoms with Crippen molar-refractivity contribution in [3.05, 3.63) is 0 Å². The first-order chi connectivity index (χ1) is 10.7. The maximum absolute atomic E-state index is 13.5. The third-order valence-corrected chi connectivity index (χ3v) is 11.6. The zero-order valence-electron chi connectivity index (χ0n) is 15.8. The Labute approximate surface area is 145 Å². The maximum atomic E-state index is 13.5. The van der Waals surface area contributed by atoms with E-state index in [1.165, 1.54) is 32.4 Å². The average molecular weight is 365 g/mol. The summed E-state index contributed by atoms with van der Waals surface area (Å²) in [5.74, 6) is 0. The molecule has 23 heavy (non-hydrogen) atoms. The van der Waals surface area contributed by atoms with Crippen molar-refractivity contribution < 1.29 is 9.09 Å². The molecule has 0 aromatic heterocycles. The second-order valence-corrected chi connectivity index (χ2v) is 15.9. The summed E-state index contributed by atoms with van der Waals surface area (Å²) < 4.78 is 21.8. The number of piperidine rings is 2. The lowest BCUT2D eigenvalue weighted by Crippen LogP contribution is -2.46. The third-order valence-electron chi connectivity index (χ3n) is 4.88. The molecule has 1 atom stereocenters. The highest BCUT2D eigenvalue weighted by molar-refractivity contribution is 8.65. The molecule has 2 heterocycles. The number of rotatable bonds is 5. The Kier molecular flexibility index (Phi) is 7.07. The summed E-state index contributed by atoms with van der Waals surface area (Å²) in [5, 5.41) is 0. The lowest BCUT2D eigenvalue weighted by Gasteiger charge is -2.43. The second-order valence-electron chi connectivity index (χ2n) is 8.45. The van der Waals surface area contributed by atoms with Gasteiger partial charge in [0.25, 0.3) is 0 Å². The van der Waals surface area contributed by atoms with Gasteiger partial charge in [-0.3, -0.25) is 4.57 Å². The van der Waals surface area contributed by atoms with Crippen LogP contribution in [0.4, 0.5) is 0 Å². The topological polar surface area (TPSA) is 32.8 Å². The van der Waals surface area contributed by atoms with Crippen LogP contribution in [0.5, 0.6) is 0 Å². The molecule has 0 radical (unpaired) electrons. The number of thiol groups is 1. The van der Waals surface area contributed by atoms with Gasteiger partial charge in [0.15, 0.2) is 0 Å². The molecule has 0 N–H and O–H groups in total. The van der Waals surface area contributed by atoms with Crippen LogP contribution in [0, 0.1) is 5.41 Å². The monoisotopic (exact) mass is 364 g/mol. The van der Waals surface area contributed by atoms with Crippen LogP contribution in [-0.4, -0.2) is 60.9 Å². The van der Waals surface area contributed by atoms with Gasteiger partial charge in [-0.15, -0.1) is 0 Å². The molecular weight excluding hydrogens is 327 g/mol. The third kappa shape index (κ3) is 5.47. The summed E-state index contributed by atoms with van der Waals surface area (Å²) in [5.41, 5.74) is 0.0626. The smallest absolute Gasteiger partial charge is 0.309 e. The van der Waals surface area contributed by atoms with E-state index in [1.54, 1.807) is 0 Å². The van der Waals surface area contributed by atoms with Crippen LogP contribution >= 0.6 is 17.2 Å². The Morgan fingerprint density at radius 1 is 1.04 bits per heavy atom. The van der Waals surface area contributed by atoms with Gasteiger partial charge < -0.3 is 9.42 Å². The number of hydrogen-bond donors (Lipinski definition) is 1. The molecule has 0 amide bonds. The molecule has 0 saturated carbocycles. The minimum absolute atomic E-state index is 0.0626. The van der Waals surface area contributed by atoms with E-state index < -0.39 is 17.2 Å². The van der Waals surface area contributed by atoms with Crippen molar-refractivity contribution in [3.63, 3.8) is 0 Å². The van der Waals surface area contributed by atoms with Crippen LogP contribution < -0.4 is 0 Å². The quantitative estimate of drug-likeness (QED) is 0.580. The first-order valence-electron chi connectivity index (χ1n) is 9.14. The zero-order valence-corrected chi connectivity index (χ0v) is 17.5. The molecule has 2 aliphatic rings. The number of nitrogens with zero attached hydrogens (tertiary/aromatic N) is 2. The van der Waals surface area contributed by atoms with Gasteiger partial charge in [0.1, 0.15) is 0 Å². The van der Waals surface area contributed by atoms with Gasteiger partial charge in [0.05, 0.1) is 6.61 Å². The molecule has 0 bridgehead atoms. The molecule has 1 unspecified atom stereocenters. The predicted octanol–water partition coefficient (Wildman–Crippen LogP) is 4.37. The molecule has 2 fully saturated rings. The minimum atomic E-state index is -2.65. The Morgan fingerprint density at radius 2 is 1.61 bits per heavy atom. The largest absolute Gasteiger partial charge is 0.310 e. The zero-order chi connectivity index (χ0) is 17.1. The van der Waals surface area contributed by atoms with E-state index in [0.29, 0.717) is 12.6 Å². The molecule has 0 aromatic rings. The van der Waals surface area contributed by atoms with E-state index in [2.05, 4.69) is 42.9 Å². The Morgan fingerprint density at radius 3 is 2.09 bits per heavy atom. The summed E-state index contributed by atoms with van der Waals surface area (Å²) in [4.78, 5) is 2.67. The molecular formula is C17H37N2O2PS. The highest BCUT2D eigenvalue weighted by Crippen LogP contribution is 2.69. The van der Waals surface area contributed by atoms with Crippen molar-refractivity contribution >= 4 is 17.2 Å². The first-order valence-corrected chi connectivity index (χ1v) is 13.7. The van der Waals surface area contributed by atoms with Crippen molar-refractivity contribution in [3.8, 4) is 0 Å². The van der Waals surface area contributed by atoms with Crippen molar-refractivity contribution in [1.82, 2.24) is 9.57 Å². The SMILES string of the molecule is C[SH](C)P(=O)(OCC(C)(C)C)N1CCC(N2CCCCC2)CC1. The Hall–Kier alpha value is 0.460. The van der Waals surface area contributed by atoms with Crippen LogP contribution in [0.2, 0.25) is 0 Å². The van der Waals surface area contributed by atoms with E-state index in [-0.39, 0.29) is 5.41 Å². The normalized spacial score (nSPS) is 26.0. The molecule has 138 valence electrons. The molecule has 2 saturated heterocycles. The molecule has 2 aliphatic heterocycles. The fraction of sp³-hybridized carbons (Fsp3) is 1.00. The molecule has 0 spiro atoms. The highest BCUT2D eigenvalue weighted by Gasteiger charge is 2.38. The summed E-state index contributed by atoms with van der Waals surface area (Å²) in [7, 11) is -0.605. The van der Waals surface area contributed by atoms with Crippen LogP contribution in [0.25, 0.3) is 0 Å².